The summed E-state index contributed by atoms with van der Waals surface area (Å²) in [6, 6.07) is 10.2. The first-order chi connectivity index (χ1) is 13.0. The first kappa shape index (κ1) is 17.5. The summed E-state index contributed by atoms with van der Waals surface area (Å²) in [4.78, 5) is 24.1. The molecule has 0 aliphatic carbocycles. The average Bonchev–Trinajstić information content (AvgIpc) is 3.18. The minimum atomic E-state index is 0.0368. The fourth-order valence-corrected chi connectivity index (χ4v) is 3.65. The summed E-state index contributed by atoms with van der Waals surface area (Å²) in [7, 11) is 0. The third kappa shape index (κ3) is 3.37. The zero-order chi connectivity index (χ0) is 19.0. The van der Waals surface area contributed by atoms with Gasteiger partial charge in [0.2, 0.25) is 0 Å². The maximum atomic E-state index is 13.1. The largest absolute Gasteiger partial charge is 0.354 e. The lowest BCUT2D eigenvalue weighted by molar-refractivity contribution is 0.0793. The number of fused-ring (bicyclic) bond motifs is 1. The van der Waals surface area contributed by atoms with Crippen LogP contribution in [0.5, 0.6) is 0 Å². The quantitative estimate of drug-likeness (QED) is 0.745. The van der Waals surface area contributed by atoms with Gasteiger partial charge in [-0.15, -0.1) is 0 Å². The molecule has 1 N–H and O–H groups in total. The summed E-state index contributed by atoms with van der Waals surface area (Å²) in [5.41, 5.74) is 6.30. The van der Waals surface area contributed by atoms with Crippen molar-refractivity contribution in [3.8, 4) is 0 Å². The molecule has 3 heterocycles. The molecule has 0 radical (unpaired) electrons. The number of nitrogens with one attached hydrogen (secondary N) is 1. The molecular formula is C22H24N4O. The molecule has 0 saturated carbocycles. The second kappa shape index (κ2) is 6.99. The lowest BCUT2D eigenvalue weighted by Crippen LogP contribution is -2.28. The zero-order valence-electron chi connectivity index (χ0n) is 16.0. The van der Waals surface area contributed by atoms with Gasteiger partial charge in [0.05, 0.1) is 11.3 Å². The highest BCUT2D eigenvalue weighted by atomic mass is 16.2. The Morgan fingerprint density at radius 1 is 1.07 bits per heavy atom. The van der Waals surface area contributed by atoms with Crippen LogP contribution >= 0.6 is 0 Å². The fourth-order valence-electron chi connectivity index (χ4n) is 3.65. The first-order valence-corrected chi connectivity index (χ1v) is 9.43. The van der Waals surface area contributed by atoms with Crippen LogP contribution in [0.1, 0.15) is 40.0 Å². The van der Waals surface area contributed by atoms with E-state index in [4.69, 9.17) is 0 Å². The molecule has 2 aromatic heterocycles. The van der Waals surface area contributed by atoms with E-state index in [-0.39, 0.29) is 5.91 Å². The third-order valence-electron chi connectivity index (χ3n) is 5.13. The maximum Gasteiger partial charge on any atom is 0.257 e. The third-order valence-corrected chi connectivity index (χ3v) is 5.13. The van der Waals surface area contributed by atoms with Gasteiger partial charge in [-0.25, -0.2) is 9.97 Å². The highest BCUT2D eigenvalue weighted by Gasteiger charge is 2.24. The van der Waals surface area contributed by atoms with E-state index in [2.05, 4.69) is 47.3 Å². The summed E-state index contributed by atoms with van der Waals surface area (Å²) < 4.78 is 0. The van der Waals surface area contributed by atoms with E-state index >= 15 is 0 Å². The number of carbonyl (C=O) groups is 1. The minimum absolute atomic E-state index is 0.0368. The van der Waals surface area contributed by atoms with Gasteiger partial charge < -0.3 is 10.2 Å². The van der Waals surface area contributed by atoms with Gasteiger partial charge in [0.15, 0.2) is 5.65 Å². The number of anilines is 2. The second-order valence-corrected chi connectivity index (χ2v) is 7.31. The molecule has 0 unspecified atom stereocenters. The van der Waals surface area contributed by atoms with Crippen molar-refractivity contribution in [3.05, 3.63) is 58.9 Å². The molecular weight excluding hydrogens is 336 g/mol. The molecule has 138 valence electrons. The van der Waals surface area contributed by atoms with Gasteiger partial charge in [-0.3, -0.25) is 4.79 Å². The Bertz CT molecular complexity index is 1020. The molecule has 1 aromatic carbocycles. The lowest BCUT2D eigenvalue weighted by Gasteiger charge is -2.20. The van der Waals surface area contributed by atoms with Crippen LogP contribution in [0.4, 0.5) is 11.4 Å². The molecule has 1 aliphatic heterocycles. The van der Waals surface area contributed by atoms with Gasteiger partial charge in [-0.1, -0.05) is 17.7 Å². The van der Waals surface area contributed by atoms with Crippen molar-refractivity contribution < 1.29 is 4.79 Å². The number of benzene rings is 1. The number of nitrogens with zero attached hydrogens (tertiary/aromatic N) is 3. The Balaban J connectivity index is 1.85. The molecule has 1 amide bonds. The van der Waals surface area contributed by atoms with E-state index in [1.54, 1.807) is 6.20 Å². The van der Waals surface area contributed by atoms with E-state index < -0.39 is 0 Å². The van der Waals surface area contributed by atoms with Crippen molar-refractivity contribution in [2.75, 3.05) is 18.4 Å². The van der Waals surface area contributed by atoms with E-state index in [1.807, 2.05) is 24.0 Å². The van der Waals surface area contributed by atoms with Gasteiger partial charge in [0, 0.05) is 36.1 Å². The number of amides is 1. The zero-order valence-corrected chi connectivity index (χ0v) is 16.0. The molecule has 4 rings (SSSR count). The molecule has 27 heavy (non-hydrogen) atoms. The molecule has 3 aromatic rings. The SMILES string of the molecule is Cc1ccc(Nc2c(C(=O)N3CCCC3)cnc3nc(C)ccc23)c(C)c1. The number of pyridine rings is 2. The van der Waals surface area contributed by atoms with Crippen LogP contribution in [0.25, 0.3) is 11.0 Å². The van der Waals surface area contributed by atoms with Crippen LogP contribution < -0.4 is 5.32 Å². The average molecular weight is 360 g/mol. The van der Waals surface area contributed by atoms with Gasteiger partial charge in [0.1, 0.15) is 0 Å². The number of rotatable bonds is 3. The Morgan fingerprint density at radius 3 is 2.59 bits per heavy atom. The van der Waals surface area contributed by atoms with Gasteiger partial charge >= 0.3 is 0 Å². The van der Waals surface area contributed by atoms with Crippen molar-refractivity contribution in [2.45, 2.75) is 33.6 Å². The van der Waals surface area contributed by atoms with E-state index in [1.165, 1.54) is 5.56 Å². The molecule has 0 atom stereocenters. The molecule has 5 nitrogen and oxygen atoms in total. The molecule has 0 bridgehead atoms. The predicted octanol–water partition coefficient (Wildman–Crippen LogP) is 4.53. The van der Waals surface area contributed by atoms with Crippen LogP contribution in [0.2, 0.25) is 0 Å². The monoisotopic (exact) mass is 360 g/mol. The fraction of sp³-hybridized carbons (Fsp3) is 0.318. The predicted molar refractivity (Wildman–Crippen MR) is 109 cm³/mol. The smallest absolute Gasteiger partial charge is 0.257 e. The summed E-state index contributed by atoms with van der Waals surface area (Å²) in [6.07, 6.45) is 3.79. The van der Waals surface area contributed by atoms with Crippen molar-refractivity contribution in [3.63, 3.8) is 0 Å². The van der Waals surface area contributed by atoms with Gasteiger partial charge in [0.25, 0.3) is 5.91 Å². The van der Waals surface area contributed by atoms with E-state index in [0.717, 1.165) is 53.9 Å². The molecule has 1 saturated heterocycles. The number of aromatic nitrogens is 2. The minimum Gasteiger partial charge on any atom is -0.354 e. The Morgan fingerprint density at radius 2 is 1.85 bits per heavy atom. The second-order valence-electron chi connectivity index (χ2n) is 7.31. The summed E-state index contributed by atoms with van der Waals surface area (Å²) in [5, 5.41) is 4.37. The highest BCUT2D eigenvalue weighted by molar-refractivity contribution is 6.07. The maximum absolute atomic E-state index is 13.1. The molecule has 5 heteroatoms. The number of likely N-dealkylation sites (tertiary alicyclic amines) is 1. The van der Waals surface area contributed by atoms with Crippen molar-refractivity contribution in [2.24, 2.45) is 0 Å². The first-order valence-electron chi connectivity index (χ1n) is 9.43. The van der Waals surface area contributed by atoms with Gasteiger partial charge in [-0.05, 0) is 57.4 Å². The normalized spacial score (nSPS) is 14.0. The number of carbonyl (C=O) groups excluding carboxylic acids is 1. The van der Waals surface area contributed by atoms with Crippen LogP contribution in [0.15, 0.2) is 36.5 Å². The number of aryl methyl sites for hydroxylation is 3. The number of hydrogen-bond donors (Lipinski definition) is 1. The van der Waals surface area contributed by atoms with Crippen LogP contribution in [-0.2, 0) is 0 Å². The Labute approximate surface area is 159 Å². The Hall–Kier alpha value is -2.95. The molecule has 1 fully saturated rings. The summed E-state index contributed by atoms with van der Waals surface area (Å²) in [5.74, 6) is 0.0368. The standard InChI is InChI=1S/C22H24N4O/c1-14-6-9-19(15(2)12-14)25-20-17-8-7-16(3)24-21(17)23-13-18(20)22(27)26-10-4-5-11-26/h6-9,12-13H,4-5,10-11H2,1-3H3,(H,23,24,25). The van der Waals surface area contributed by atoms with Crippen molar-refractivity contribution in [1.29, 1.82) is 0 Å². The van der Waals surface area contributed by atoms with Gasteiger partial charge in [-0.2, -0.15) is 0 Å². The summed E-state index contributed by atoms with van der Waals surface area (Å²) >= 11 is 0. The van der Waals surface area contributed by atoms with E-state index in [9.17, 15) is 4.79 Å². The topological polar surface area (TPSA) is 58.1 Å². The van der Waals surface area contributed by atoms with Crippen molar-refractivity contribution >= 4 is 28.3 Å². The number of hydrogen-bond acceptors (Lipinski definition) is 4. The highest BCUT2D eigenvalue weighted by Crippen LogP contribution is 2.31. The summed E-state index contributed by atoms with van der Waals surface area (Å²) in [6.45, 7) is 7.72. The molecule has 0 spiro atoms. The lowest BCUT2D eigenvalue weighted by atomic mass is 10.1. The van der Waals surface area contributed by atoms with E-state index in [0.29, 0.717) is 11.2 Å². The van der Waals surface area contributed by atoms with Crippen LogP contribution in [-0.4, -0.2) is 33.9 Å². The Kier molecular flexibility index (Phi) is 4.52. The van der Waals surface area contributed by atoms with Crippen LogP contribution in [0.3, 0.4) is 0 Å². The molecule has 1 aliphatic rings. The van der Waals surface area contributed by atoms with Crippen molar-refractivity contribution in [1.82, 2.24) is 14.9 Å². The van der Waals surface area contributed by atoms with Crippen LogP contribution in [0, 0.1) is 20.8 Å².